The van der Waals surface area contributed by atoms with Gasteiger partial charge in [-0.3, -0.25) is 0 Å². The van der Waals surface area contributed by atoms with E-state index in [0.29, 0.717) is 25.0 Å². The first-order valence-corrected chi connectivity index (χ1v) is 13.9. The Hall–Kier alpha value is -5.09. The van der Waals surface area contributed by atoms with Gasteiger partial charge in [-0.15, -0.1) is 0 Å². The minimum Gasteiger partial charge on any atom is -0.475 e. The molecule has 0 bridgehead atoms. The van der Waals surface area contributed by atoms with Gasteiger partial charge in [-0.05, 0) is 27.8 Å². The van der Waals surface area contributed by atoms with Crippen LogP contribution in [-0.4, -0.2) is 19.1 Å². The fourth-order valence-electron chi connectivity index (χ4n) is 5.89. The lowest BCUT2D eigenvalue weighted by atomic mass is 9.84. The van der Waals surface area contributed by atoms with Crippen molar-refractivity contribution in [2.45, 2.75) is 11.1 Å². The second-order valence-electron chi connectivity index (χ2n) is 10.4. The van der Waals surface area contributed by atoms with Crippen LogP contribution in [0.15, 0.2) is 163 Å². The van der Waals surface area contributed by atoms with Crippen LogP contribution >= 0.6 is 0 Å². The van der Waals surface area contributed by atoms with Gasteiger partial charge in [-0.1, -0.05) is 152 Å². The SMILES string of the molecule is c1ccc(/C(C2=NC(c3ccccc3)(c3ccccc3)CO2)=C2/NC(c3ccccc3)(c3ccccc3)CO2)cc1. The van der Waals surface area contributed by atoms with Crippen molar-refractivity contribution in [1.29, 1.82) is 0 Å². The Morgan fingerprint density at radius 3 is 1.44 bits per heavy atom. The first-order valence-electron chi connectivity index (χ1n) is 13.9. The van der Waals surface area contributed by atoms with Crippen LogP contribution in [0.5, 0.6) is 0 Å². The maximum Gasteiger partial charge on any atom is 0.223 e. The Morgan fingerprint density at radius 2 is 0.951 bits per heavy atom. The lowest BCUT2D eigenvalue weighted by Crippen LogP contribution is -2.40. The average molecular weight is 535 g/mol. The van der Waals surface area contributed by atoms with E-state index in [4.69, 9.17) is 14.5 Å². The zero-order valence-electron chi connectivity index (χ0n) is 22.6. The van der Waals surface area contributed by atoms with E-state index in [9.17, 15) is 0 Å². The van der Waals surface area contributed by atoms with E-state index in [2.05, 4.69) is 115 Å². The molecule has 4 nitrogen and oxygen atoms in total. The predicted octanol–water partition coefficient (Wildman–Crippen LogP) is 7.29. The highest BCUT2D eigenvalue weighted by Gasteiger charge is 2.45. The maximum absolute atomic E-state index is 6.59. The molecular formula is C37H30N2O2. The molecule has 1 N–H and O–H groups in total. The molecule has 1 fully saturated rings. The maximum atomic E-state index is 6.59. The van der Waals surface area contributed by atoms with Gasteiger partial charge in [0, 0.05) is 0 Å². The Balaban J connectivity index is 1.41. The van der Waals surface area contributed by atoms with Crippen molar-refractivity contribution in [2.24, 2.45) is 4.99 Å². The summed E-state index contributed by atoms with van der Waals surface area (Å²) in [4.78, 5) is 5.39. The normalized spacial score (nSPS) is 18.0. The number of ether oxygens (including phenoxy) is 2. The number of hydrogen-bond donors (Lipinski definition) is 1. The second-order valence-corrected chi connectivity index (χ2v) is 10.4. The van der Waals surface area contributed by atoms with Gasteiger partial charge < -0.3 is 14.8 Å². The molecule has 5 aromatic carbocycles. The highest BCUT2D eigenvalue weighted by atomic mass is 16.5. The summed E-state index contributed by atoms with van der Waals surface area (Å²) in [5.41, 5.74) is 4.98. The Bertz CT molecular complexity index is 1600. The van der Waals surface area contributed by atoms with Crippen LogP contribution in [0.3, 0.4) is 0 Å². The van der Waals surface area contributed by atoms with E-state index in [-0.39, 0.29) is 0 Å². The second kappa shape index (κ2) is 10.5. The summed E-state index contributed by atoms with van der Waals surface area (Å²) in [5.74, 6) is 1.21. The fourth-order valence-corrected chi connectivity index (χ4v) is 5.89. The van der Waals surface area contributed by atoms with Gasteiger partial charge in [-0.2, -0.15) is 0 Å². The van der Waals surface area contributed by atoms with Gasteiger partial charge in [-0.25, -0.2) is 4.99 Å². The minimum absolute atomic E-state index is 0.391. The molecule has 0 aromatic heterocycles. The Labute approximate surface area is 240 Å². The van der Waals surface area contributed by atoms with Crippen LogP contribution < -0.4 is 5.32 Å². The summed E-state index contributed by atoms with van der Waals surface area (Å²) in [5, 5.41) is 3.82. The average Bonchev–Trinajstić information content (AvgIpc) is 3.71. The van der Waals surface area contributed by atoms with Gasteiger partial charge in [0.15, 0.2) is 0 Å². The van der Waals surface area contributed by atoms with E-state index in [1.807, 2.05) is 42.5 Å². The summed E-state index contributed by atoms with van der Waals surface area (Å²) in [6, 6.07) is 52.0. The molecular weight excluding hydrogens is 504 g/mol. The van der Waals surface area contributed by atoms with Crippen LogP contribution in [0.25, 0.3) is 5.57 Å². The Kier molecular flexibility index (Phi) is 6.36. The summed E-state index contributed by atoms with van der Waals surface area (Å²) in [7, 11) is 0. The molecule has 2 aliphatic heterocycles. The number of rotatable bonds is 6. The van der Waals surface area contributed by atoms with Gasteiger partial charge >= 0.3 is 0 Å². The van der Waals surface area contributed by atoms with Gasteiger partial charge in [0.05, 0.1) is 0 Å². The topological polar surface area (TPSA) is 42.8 Å². The number of nitrogens with zero attached hydrogens (tertiary/aromatic N) is 1. The van der Waals surface area contributed by atoms with Crippen molar-refractivity contribution in [3.63, 3.8) is 0 Å². The predicted molar refractivity (Wildman–Crippen MR) is 163 cm³/mol. The summed E-state index contributed by atoms with van der Waals surface area (Å²) >= 11 is 0. The molecule has 41 heavy (non-hydrogen) atoms. The molecule has 0 saturated carbocycles. The monoisotopic (exact) mass is 534 g/mol. The molecule has 0 aliphatic carbocycles. The summed E-state index contributed by atoms with van der Waals surface area (Å²) in [6.45, 7) is 0.824. The number of aliphatic imine (C=N–C) groups is 1. The molecule has 0 unspecified atom stereocenters. The van der Waals surface area contributed by atoms with Gasteiger partial charge in [0.2, 0.25) is 11.8 Å². The van der Waals surface area contributed by atoms with E-state index in [1.54, 1.807) is 0 Å². The van der Waals surface area contributed by atoms with Crippen molar-refractivity contribution in [3.05, 3.63) is 185 Å². The Morgan fingerprint density at radius 1 is 0.512 bits per heavy atom. The third-order valence-corrected chi connectivity index (χ3v) is 8.01. The molecule has 4 heteroatoms. The lowest BCUT2D eigenvalue weighted by molar-refractivity contribution is 0.238. The van der Waals surface area contributed by atoms with Crippen LogP contribution in [0, 0.1) is 0 Å². The summed E-state index contributed by atoms with van der Waals surface area (Å²) < 4.78 is 13.2. The minimum atomic E-state index is -0.674. The molecule has 0 spiro atoms. The molecule has 7 rings (SSSR count). The third kappa shape index (κ3) is 4.38. The third-order valence-electron chi connectivity index (χ3n) is 8.01. The van der Waals surface area contributed by atoms with Crippen LogP contribution in [0.2, 0.25) is 0 Å². The molecule has 0 radical (unpaired) electrons. The highest BCUT2D eigenvalue weighted by molar-refractivity contribution is 6.21. The van der Waals surface area contributed by atoms with Crippen molar-refractivity contribution in [3.8, 4) is 0 Å². The quantitative estimate of drug-likeness (QED) is 0.249. The largest absolute Gasteiger partial charge is 0.475 e. The standard InChI is InChI=1S/C37H30N2O2/c1-6-16-28(17-7-1)33(34-38-36(26-40-34,29-18-8-2-9-19-29)30-20-10-3-11-21-30)35-39-37(27-41-35,31-22-12-4-13-23-31)32-24-14-5-15-25-32/h1-25,38H,26-27H2/b34-33+. The van der Waals surface area contributed by atoms with Crippen molar-refractivity contribution in [2.75, 3.05) is 13.2 Å². The molecule has 200 valence electrons. The fraction of sp³-hybridized carbons (Fsp3) is 0.108. The zero-order chi connectivity index (χ0) is 27.5. The first kappa shape index (κ1) is 24.9. The van der Waals surface area contributed by atoms with Crippen molar-refractivity contribution < 1.29 is 9.47 Å². The van der Waals surface area contributed by atoms with Crippen LogP contribution in [0.4, 0.5) is 0 Å². The van der Waals surface area contributed by atoms with E-state index >= 15 is 0 Å². The first-order chi connectivity index (χ1) is 20.3. The lowest BCUT2D eigenvalue weighted by Gasteiger charge is -2.28. The molecule has 1 saturated heterocycles. The molecule has 5 aromatic rings. The highest BCUT2D eigenvalue weighted by Crippen LogP contribution is 2.43. The van der Waals surface area contributed by atoms with Crippen LogP contribution in [0.1, 0.15) is 27.8 Å². The van der Waals surface area contributed by atoms with Crippen LogP contribution in [-0.2, 0) is 20.6 Å². The van der Waals surface area contributed by atoms with Crippen molar-refractivity contribution >= 4 is 11.5 Å². The zero-order valence-corrected chi connectivity index (χ0v) is 22.6. The van der Waals surface area contributed by atoms with E-state index in [1.165, 1.54) is 0 Å². The number of benzene rings is 5. The number of nitrogens with one attached hydrogen (secondary N) is 1. The van der Waals surface area contributed by atoms with Gasteiger partial charge in [0.25, 0.3) is 0 Å². The molecule has 0 amide bonds. The van der Waals surface area contributed by atoms with E-state index < -0.39 is 11.1 Å². The van der Waals surface area contributed by atoms with E-state index in [0.717, 1.165) is 33.4 Å². The molecule has 2 heterocycles. The summed E-state index contributed by atoms with van der Waals surface area (Å²) in [6.07, 6.45) is 0. The van der Waals surface area contributed by atoms with Gasteiger partial charge in [0.1, 0.15) is 29.9 Å². The van der Waals surface area contributed by atoms with Crippen molar-refractivity contribution in [1.82, 2.24) is 5.32 Å². The smallest absolute Gasteiger partial charge is 0.223 e. The molecule has 2 aliphatic rings. The number of hydrogen-bond acceptors (Lipinski definition) is 4. The molecule has 0 atom stereocenters.